The number of nitrogens with one attached hydrogen (secondary N) is 1. The molecule has 0 bridgehead atoms. The van der Waals surface area contributed by atoms with Crippen LogP contribution in [-0.2, 0) is 4.74 Å². The van der Waals surface area contributed by atoms with Crippen LogP contribution in [0.3, 0.4) is 0 Å². The van der Waals surface area contributed by atoms with Crippen LogP contribution in [-0.4, -0.2) is 35.7 Å². The lowest BCUT2D eigenvalue weighted by atomic mass is 10.1. The number of carbonyl (C=O) groups is 2. The van der Waals surface area contributed by atoms with Crippen molar-refractivity contribution in [2.24, 2.45) is 0 Å². The first-order chi connectivity index (χ1) is 8.58. The molecule has 1 aromatic heterocycles. The van der Waals surface area contributed by atoms with Crippen molar-refractivity contribution in [3.05, 3.63) is 23.7 Å². The molecule has 1 saturated heterocycles. The lowest BCUT2D eigenvalue weighted by Gasteiger charge is -2.19. The Labute approximate surface area is 104 Å². The molecule has 98 valence electrons. The number of hydrogen-bond acceptors (Lipinski definition) is 4. The van der Waals surface area contributed by atoms with Crippen LogP contribution in [0.15, 0.2) is 16.5 Å². The lowest BCUT2D eigenvalue weighted by molar-refractivity contribution is 0.0650. The van der Waals surface area contributed by atoms with Gasteiger partial charge in [-0.2, -0.15) is 0 Å². The van der Waals surface area contributed by atoms with E-state index in [2.05, 4.69) is 5.32 Å². The van der Waals surface area contributed by atoms with Gasteiger partial charge in [-0.1, -0.05) is 0 Å². The highest BCUT2D eigenvalue weighted by Crippen LogP contribution is 2.16. The molecule has 2 rings (SSSR count). The van der Waals surface area contributed by atoms with Crippen LogP contribution in [0.4, 0.5) is 0 Å². The molecule has 2 N–H and O–H groups in total. The molecule has 18 heavy (non-hydrogen) atoms. The molecule has 2 heterocycles. The number of carboxylic acids is 1. The summed E-state index contributed by atoms with van der Waals surface area (Å²) < 4.78 is 10.4. The molecule has 1 fully saturated rings. The molecular formula is C12H15NO5. The van der Waals surface area contributed by atoms with Crippen molar-refractivity contribution in [3.8, 4) is 0 Å². The molecule has 0 spiro atoms. The van der Waals surface area contributed by atoms with Crippen molar-refractivity contribution in [2.75, 3.05) is 6.61 Å². The van der Waals surface area contributed by atoms with E-state index >= 15 is 0 Å². The summed E-state index contributed by atoms with van der Waals surface area (Å²) in [7, 11) is 0. The molecule has 0 radical (unpaired) electrons. The van der Waals surface area contributed by atoms with E-state index in [1.165, 1.54) is 12.1 Å². The minimum absolute atomic E-state index is 0.00255. The first-order valence-electron chi connectivity index (χ1n) is 5.83. The molecule has 1 aliphatic heterocycles. The molecule has 2 atom stereocenters. The van der Waals surface area contributed by atoms with Gasteiger partial charge in [0, 0.05) is 6.61 Å². The second-order valence-corrected chi connectivity index (χ2v) is 4.28. The standard InChI is InChI=1S/C12H15NO5/c1-7(8-3-2-6-17-8)13-11(14)9-4-5-10(18-9)12(15)16/h4-5,7-8H,2-3,6H2,1H3,(H,13,14)(H,15,16)/t7-,8-/m1/s1. The molecule has 0 aliphatic carbocycles. The summed E-state index contributed by atoms with van der Waals surface area (Å²) in [5.41, 5.74) is 0. The number of carbonyl (C=O) groups excluding carboxylic acids is 1. The first-order valence-corrected chi connectivity index (χ1v) is 5.83. The fraction of sp³-hybridized carbons (Fsp3) is 0.500. The van der Waals surface area contributed by atoms with E-state index in [0.29, 0.717) is 0 Å². The van der Waals surface area contributed by atoms with Crippen molar-refractivity contribution in [1.29, 1.82) is 0 Å². The van der Waals surface area contributed by atoms with Gasteiger partial charge in [-0.05, 0) is 31.9 Å². The molecule has 1 amide bonds. The summed E-state index contributed by atoms with van der Waals surface area (Å²) in [6, 6.07) is 2.48. The van der Waals surface area contributed by atoms with E-state index in [1.54, 1.807) is 0 Å². The second kappa shape index (κ2) is 5.22. The van der Waals surface area contributed by atoms with Gasteiger partial charge in [0.25, 0.3) is 5.91 Å². The van der Waals surface area contributed by atoms with Crippen LogP contribution in [0.2, 0.25) is 0 Å². The summed E-state index contributed by atoms with van der Waals surface area (Å²) >= 11 is 0. The van der Waals surface area contributed by atoms with Crippen molar-refractivity contribution in [1.82, 2.24) is 5.32 Å². The molecule has 0 aromatic carbocycles. The fourth-order valence-corrected chi connectivity index (χ4v) is 1.94. The van der Waals surface area contributed by atoms with Gasteiger partial charge < -0.3 is 19.6 Å². The van der Waals surface area contributed by atoms with Gasteiger partial charge in [0.15, 0.2) is 5.76 Å². The maximum absolute atomic E-state index is 11.8. The Bertz CT molecular complexity index is 447. The number of carboxylic acid groups (broad SMARTS) is 1. The third kappa shape index (κ3) is 2.70. The Morgan fingerprint density at radius 3 is 2.72 bits per heavy atom. The van der Waals surface area contributed by atoms with Crippen molar-refractivity contribution in [3.63, 3.8) is 0 Å². The predicted octanol–water partition coefficient (Wildman–Crippen LogP) is 1.28. The van der Waals surface area contributed by atoms with Crippen LogP contribution in [0.25, 0.3) is 0 Å². The van der Waals surface area contributed by atoms with Gasteiger partial charge in [0.2, 0.25) is 5.76 Å². The zero-order valence-electron chi connectivity index (χ0n) is 10.0. The SMILES string of the molecule is C[C@@H](NC(=O)c1ccc(C(=O)O)o1)[C@H]1CCCO1. The van der Waals surface area contributed by atoms with Crippen molar-refractivity contribution >= 4 is 11.9 Å². The van der Waals surface area contributed by atoms with E-state index < -0.39 is 11.9 Å². The normalized spacial score (nSPS) is 20.6. The zero-order valence-corrected chi connectivity index (χ0v) is 10.0. The molecule has 0 unspecified atom stereocenters. The number of aromatic carboxylic acids is 1. The van der Waals surface area contributed by atoms with Gasteiger partial charge in [-0.15, -0.1) is 0 Å². The molecule has 1 aliphatic rings. The Hall–Kier alpha value is -1.82. The zero-order chi connectivity index (χ0) is 13.1. The maximum Gasteiger partial charge on any atom is 0.371 e. The minimum atomic E-state index is -1.19. The van der Waals surface area contributed by atoms with Crippen molar-refractivity contribution in [2.45, 2.75) is 31.9 Å². The number of hydrogen-bond donors (Lipinski definition) is 2. The minimum Gasteiger partial charge on any atom is -0.475 e. The number of furan rings is 1. The third-order valence-electron chi connectivity index (χ3n) is 2.92. The molecule has 6 heteroatoms. The quantitative estimate of drug-likeness (QED) is 0.843. The molecule has 0 saturated carbocycles. The summed E-state index contributed by atoms with van der Waals surface area (Å²) in [5.74, 6) is -1.87. The highest BCUT2D eigenvalue weighted by molar-refractivity contribution is 5.93. The maximum atomic E-state index is 11.8. The summed E-state index contributed by atoms with van der Waals surface area (Å²) in [6.07, 6.45) is 1.93. The Morgan fingerprint density at radius 2 is 2.17 bits per heavy atom. The fourth-order valence-electron chi connectivity index (χ4n) is 1.94. The molecule has 6 nitrogen and oxygen atoms in total. The number of amides is 1. The van der Waals surface area contributed by atoms with E-state index in [-0.39, 0.29) is 23.7 Å². The third-order valence-corrected chi connectivity index (χ3v) is 2.92. The largest absolute Gasteiger partial charge is 0.475 e. The number of ether oxygens (including phenoxy) is 1. The Morgan fingerprint density at radius 1 is 1.44 bits per heavy atom. The monoisotopic (exact) mass is 253 g/mol. The van der Waals surface area contributed by atoms with Gasteiger partial charge in [-0.3, -0.25) is 4.79 Å². The molecule has 1 aromatic rings. The topological polar surface area (TPSA) is 88.8 Å². The van der Waals surface area contributed by atoms with Crippen LogP contribution in [0.1, 0.15) is 40.9 Å². The second-order valence-electron chi connectivity index (χ2n) is 4.28. The van der Waals surface area contributed by atoms with Gasteiger partial charge in [-0.25, -0.2) is 4.79 Å². The highest BCUT2D eigenvalue weighted by atomic mass is 16.5. The highest BCUT2D eigenvalue weighted by Gasteiger charge is 2.25. The van der Waals surface area contributed by atoms with E-state index in [1.807, 2.05) is 6.92 Å². The summed E-state index contributed by atoms with van der Waals surface area (Å²) in [6.45, 7) is 2.57. The van der Waals surface area contributed by atoms with Gasteiger partial charge in [0.1, 0.15) is 0 Å². The summed E-state index contributed by atoms with van der Waals surface area (Å²) in [4.78, 5) is 22.4. The average molecular weight is 253 g/mol. The smallest absolute Gasteiger partial charge is 0.371 e. The average Bonchev–Trinajstić information content (AvgIpc) is 3.00. The number of rotatable bonds is 4. The van der Waals surface area contributed by atoms with Crippen LogP contribution >= 0.6 is 0 Å². The van der Waals surface area contributed by atoms with E-state index in [4.69, 9.17) is 14.3 Å². The Kier molecular flexibility index (Phi) is 3.66. The predicted molar refractivity (Wildman–Crippen MR) is 61.6 cm³/mol. The van der Waals surface area contributed by atoms with Gasteiger partial charge in [0.05, 0.1) is 12.1 Å². The van der Waals surface area contributed by atoms with E-state index in [9.17, 15) is 9.59 Å². The van der Waals surface area contributed by atoms with Crippen LogP contribution < -0.4 is 5.32 Å². The van der Waals surface area contributed by atoms with E-state index in [0.717, 1.165) is 19.4 Å². The van der Waals surface area contributed by atoms with Gasteiger partial charge >= 0.3 is 5.97 Å². The first kappa shape index (κ1) is 12.6. The lowest BCUT2D eigenvalue weighted by Crippen LogP contribution is -2.40. The van der Waals surface area contributed by atoms with Crippen LogP contribution in [0.5, 0.6) is 0 Å². The van der Waals surface area contributed by atoms with Crippen LogP contribution in [0, 0.1) is 0 Å². The van der Waals surface area contributed by atoms with Crippen molar-refractivity contribution < 1.29 is 23.8 Å². The summed E-state index contributed by atoms with van der Waals surface area (Å²) in [5, 5.41) is 11.4. The molecular weight excluding hydrogens is 238 g/mol. The Balaban J connectivity index is 1.95.